The summed E-state index contributed by atoms with van der Waals surface area (Å²) in [5.41, 5.74) is 0.373. The van der Waals surface area contributed by atoms with E-state index in [1.807, 2.05) is 0 Å². The molecule has 1 aliphatic rings. The molecular weight excluding hydrogens is 272 g/mol. The molecule has 1 aliphatic heterocycles. The summed E-state index contributed by atoms with van der Waals surface area (Å²) in [4.78, 5) is 14.2. The minimum atomic E-state index is -0.379. The molecule has 0 N–H and O–H groups in total. The molecule has 0 spiro atoms. The molecule has 1 heterocycles. The number of methoxy groups -OCH3 is 3. The fourth-order valence-electron chi connectivity index (χ4n) is 2.57. The van der Waals surface area contributed by atoms with Crippen LogP contribution in [0, 0.1) is 11.3 Å². The highest BCUT2D eigenvalue weighted by atomic mass is 16.5. The van der Waals surface area contributed by atoms with Crippen LogP contribution < -0.4 is 14.2 Å². The van der Waals surface area contributed by atoms with Gasteiger partial charge < -0.3 is 19.1 Å². The van der Waals surface area contributed by atoms with Gasteiger partial charge in [-0.25, -0.2) is 0 Å². The molecule has 1 fully saturated rings. The number of hydrogen-bond acceptors (Lipinski definition) is 5. The maximum absolute atomic E-state index is 12.7. The van der Waals surface area contributed by atoms with E-state index in [0.29, 0.717) is 35.8 Å². The predicted molar refractivity (Wildman–Crippen MR) is 75.8 cm³/mol. The van der Waals surface area contributed by atoms with Gasteiger partial charge in [0, 0.05) is 6.54 Å². The number of carbonyl (C=O) groups is 1. The fraction of sp³-hybridized carbons (Fsp3) is 0.467. The Morgan fingerprint density at radius 2 is 1.95 bits per heavy atom. The van der Waals surface area contributed by atoms with Crippen molar-refractivity contribution < 1.29 is 19.0 Å². The van der Waals surface area contributed by atoms with E-state index in [4.69, 9.17) is 19.5 Å². The first-order chi connectivity index (χ1) is 10.2. The van der Waals surface area contributed by atoms with E-state index < -0.39 is 0 Å². The lowest BCUT2D eigenvalue weighted by molar-refractivity contribution is 0.0760. The molecule has 1 aromatic carbocycles. The van der Waals surface area contributed by atoms with E-state index in [1.165, 1.54) is 21.3 Å². The molecule has 21 heavy (non-hydrogen) atoms. The molecule has 2 rings (SSSR count). The van der Waals surface area contributed by atoms with E-state index in [9.17, 15) is 4.79 Å². The number of nitrogens with zero attached hydrogens (tertiary/aromatic N) is 2. The summed E-state index contributed by atoms with van der Waals surface area (Å²) in [6.45, 7) is 0.578. The molecule has 0 aromatic heterocycles. The Morgan fingerprint density at radius 3 is 2.52 bits per heavy atom. The first-order valence-corrected chi connectivity index (χ1v) is 6.67. The lowest BCUT2D eigenvalue weighted by Gasteiger charge is -2.22. The average molecular weight is 290 g/mol. The zero-order valence-corrected chi connectivity index (χ0v) is 12.4. The molecule has 0 bridgehead atoms. The Kier molecular flexibility index (Phi) is 4.53. The minimum absolute atomic E-state index is 0.225. The highest BCUT2D eigenvalue weighted by Crippen LogP contribution is 2.40. The summed E-state index contributed by atoms with van der Waals surface area (Å²) >= 11 is 0. The van der Waals surface area contributed by atoms with Crippen molar-refractivity contribution in [1.29, 1.82) is 5.26 Å². The molecule has 6 nitrogen and oxygen atoms in total. The van der Waals surface area contributed by atoms with Crippen LogP contribution in [0.2, 0.25) is 0 Å². The van der Waals surface area contributed by atoms with Gasteiger partial charge in [0.1, 0.15) is 6.04 Å². The summed E-state index contributed by atoms with van der Waals surface area (Å²) in [6.07, 6.45) is 1.54. The van der Waals surface area contributed by atoms with Gasteiger partial charge in [-0.1, -0.05) is 0 Å². The first-order valence-electron chi connectivity index (χ1n) is 6.67. The third-order valence-corrected chi connectivity index (χ3v) is 3.60. The molecule has 0 saturated carbocycles. The highest BCUT2D eigenvalue weighted by Gasteiger charge is 2.32. The summed E-state index contributed by atoms with van der Waals surface area (Å²) in [5.74, 6) is 0.963. The summed E-state index contributed by atoms with van der Waals surface area (Å²) in [5, 5.41) is 9.12. The molecule has 1 unspecified atom stereocenters. The van der Waals surface area contributed by atoms with Gasteiger partial charge in [-0.3, -0.25) is 4.79 Å². The van der Waals surface area contributed by atoms with Crippen molar-refractivity contribution in [3.05, 3.63) is 17.7 Å². The molecule has 1 aromatic rings. The van der Waals surface area contributed by atoms with Crippen LogP contribution in [0.25, 0.3) is 0 Å². The van der Waals surface area contributed by atoms with Crippen LogP contribution in [0.5, 0.6) is 17.2 Å². The van der Waals surface area contributed by atoms with Crippen molar-refractivity contribution in [1.82, 2.24) is 4.90 Å². The lowest BCUT2D eigenvalue weighted by Crippen LogP contribution is -2.34. The Bertz CT molecular complexity index is 580. The number of nitriles is 1. The van der Waals surface area contributed by atoms with Gasteiger partial charge in [-0.05, 0) is 25.0 Å². The van der Waals surface area contributed by atoms with Gasteiger partial charge in [-0.15, -0.1) is 0 Å². The molecule has 0 aliphatic carbocycles. The molecular formula is C15H18N2O4. The number of carbonyl (C=O) groups excluding carboxylic acids is 1. The predicted octanol–water partition coefficient (Wildman–Crippen LogP) is 1.84. The van der Waals surface area contributed by atoms with Crippen LogP contribution in [0.15, 0.2) is 12.1 Å². The number of benzene rings is 1. The molecule has 112 valence electrons. The standard InChI is InChI=1S/C15H18N2O4/c1-19-12-7-6-11(13(20-2)14(12)21-3)15(18)17-8-4-5-10(17)9-16/h6-7,10H,4-5,8H2,1-3H3. The minimum Gasteiger partial charge on any atom is -0.493 e. The topological polar surface area (TPSA) is 71.8 Å². The SMILES string of the molecule is COc1ccc(C(=O)N2CCCC2C#N)c(OC)c1OC. The van der Waals surface area contributed by atoms with Gasteiger partial charge in [-0.2, -0.15) is 5.26 Å². The summed E-state index contributed by atoms with van der Waals surface area (Å²) in [6, 6.07) is 5.08. The third kappa shape index (κ3) is 2.59. The Balaban J connectivity index is 2.44. The summed E-state index contributed by atoms with van der Waals surface area (Å²) in [7, 11) is 4.48. The quantitative estimate of drug-likeness (QED) is 0.846. The van der Waals surface area contributed by atoms with Crippen LogP contribution in [0.1, 0.15) is 23.2 Å². The second-order valence-corrected chi connectivity index (χ2v) is 4.67. The van der Waals surface area contributed by atoms with Gasteiger partial charge in [0.15, 0.2) is 11.5 Å². The number of rotatable bonds is 4. The Hall–Kier alpha value is -2.42. The molecule has 1 amide bonds. The molecule has 1 saturated heterocycles. The van der Waals surface area contributed by atoms with E-state index in [0.717, 1.165) is 6.42 Å². The maximum Gasteiger partial charge on any atom is 0.258 e. The van der Waals surface area contributed by atoms with Crippen molar-refractivity contribution in [3.8, 4) is 23.3 Å². The van der Waals surface area contributed by atoms with E-state index in [1.54, 1.807) is 17.0 Å². The summed E-state index contributed by atoms with van der Waals surface area (Å²) < 4.78 is 15.8. The normalized spacial score (nSPS) is 17.2. The van der Waals surface area contributed by atoms with Crippen LogP contribution in [-0.2, 0) is 0 Å². The van der Waals surface area contributed by atoms with Crippen molar-refractivity contribution >= 4 is 5.91 Å². The van der Waals surface area contributed by atoms with E-state index in [2.05, 4.69) is 6.07 Å². The second kappa shape index (κ2) is 6.35. The van der Waals surface area contributed by atoms with Crippen molar-refractivity contribution in [2.45, 2.75) is 18.9 Å². The van der Waals surface area contributed by atoms with Gasteiger partial charge in [0.2, 0.25) is 5.75 Å². The third-order valence-electron chi connectivity index (χ3n) is 3.60. The van der Waals surface area contributed by atoms with Crippen molar-refractivity contribution in [2.24, 2.45) is 0 Å². The van der Waals surface area contributed by atoms with E-state index >= 15 is 0 Å². The van der Waals surface area contributed by atoms with Crippen LogP contribution in [0.3, 0.4) is 0 Å². The average Bonchev–Trinajstić information content (AvgIpc) is 3.00. The maximum atomic E-state index is 12.7. The highest BCUT2D eigenvalue weighted by molar-refractivity contribution is 5.98. The van der Waals surface area contributed by atoms with Crippen molar-refractivity contribution in [2.75, 3.05) is 27.9 Å². The van der Waals surface area contributed by atoms with Crippen molar-refractivity contribution in [3.63, 3.8) is 0 Å². The molecule has 6 heteroatoms. The van der Waals surface area contributed by atoms with Gasteiger partial charge >= 0.3 is 0 Å². The smallest absolute Gasteiger partial charge is 0.258 e. The largest absolute Gasteiger partial charge is 0.493 e. The van der Waals surface area contributed by atoms with Gasteiger partial charge in [0.25, 0.3) is 5.91 Å². The second-order valence-electron chi connectivity index (χ2n) is 4.67. The number of hydrogen-bond donors (Lipinski definition) is 0. The number of amides is 1. The van der Waals surface area contributed by atoms with Crippen LogP contribution in [0.4, 0.5) is 0 Å². The lowest BCUT2D eigenvalue weighted by atomic mass is 10.1. The van der Waals surface area contributed by atoms with Crippen LogP contribution >= 0.6 is 0 Å². The van der Waals surface area contributed by atoms with Crippen LogP contribution in [-0.4, -0.2) is 44.7 Å². The van der Waals surface area contributed by atoms with Gasteiger partial charge in [0.05, 0.1) is 33.0 Å². The fourth-order valence-corrected chi connectivity index (χ4v) is 2.57. The molecule has 1 atom stereocenters. The first kappa shape index (κ1) is 15.0. The number of ether oxygens (including phenoxy) is 3. The molecule has 0 radical (unpaired) electrons. The zero-order chi connectivity index (χ0) is 15.4. The number of likely N-dealkylation sites (tertiary alicyclic amines) is 1. The zero-order valence-electron chi connectivity index (χ0n) is 12.4. The monoisotopic (exact) mass is 290 g/mol. The Morgan fingerprint density at radius 1 is 1.24 bits per heavy atom. The Labute approximate surface area is 123 Å². The van der Waals surface area contributed by atoms with E-state index in [-0.39, 0.29) is 11.9 Å².